The Labute approximate surface area is 119 Å². The van der Waals surface area contributed by atoms with Crippen LogP contribution in [-0.4, -0.2) is 9.82 Å². The van der Waals surface area contributed by atoms with Gasteiger partial charge >= 0.3 is 0 Å². The predicted octanol–water partition coefficient (Wildman–Crippen LogP) is 5.52. The van der Waals surface area contributed by atoms with Gasteiger partial charge in [-0.15, -0.1) is 0 Å². The fraction of sp³-hybridized carbons (Fsp3) is 0.467. The van der Waals surface area contributed by atoms with Crippen LogP contribution < -0.4 is 0 Å². The highest BCUT2D eigenvalue weighted by molar-refractivity contribution is 7.99. The molecule has 0 unspecified atom stereocenters. The maximum absolute atomic E-state index is 6.13. The fourth-order valence-electron chi connectivity index (χ4n) is 2.10. The summed E-state index contributed by atoms with van der Waals surface area (Å²) in [7, 11) is 0. The van der Waals surface area contributed by atoms with Gasteiger partial charge in [-0.3, -0.25) is 0 Å². The number of rotatable bonds is 4. The molecule has 0 amide bonds. The van der Waals surface area contributed by atoms with Gasteiger partial charge in [-0.05, 0) is 42.9 Å². The van der Waals surface area contributed by atoms with Crippen molar-refractivity contribution in [3.8, 4) is 0 Å². The van der Waals surface area contributed by atoms with Gasteiger partial charge in [0.25, 0.3) is 0 Å². The SMILES string of the molecule is CC(C)SCc1cn(C(C)C)c2ccc(Cl)cc12. The normalized spacial score (nSPS) is 11.9. The van der Waals surface area contributed by atoms with Crippen LogP contribution in [0.2, 0.25) is 5.02 Å². The molecule has 3 heteroatoms. The first-order valence-corrected chi connectivity index (χ1v) is 7.82. The van der Waals surface area contributed by atoms with Crippen molar-refractivity contribution in [3.63, 3.8) is 0 Å². The third kappa shape index (κ3) is 2.86. The van der Waals surface area contributed by atoms with Crippen LogP contribution in [0.25, 0.3) is 10.9 Å². The molecule has 0 saturated heterocycles. The summed E-state index contributed by atoms with van der Waals surface area (Å²) >= 11 is 8.10. The number of fused-ring (bicyclic) bond motifs is 1. The lowest BCUT2D eigenvalue weighted by atomic mass is 10.2. The van der Waals surface area contributed by atoms with E-state index < -0.39 is 0 Å². The average molecular weight is 282 g/mol. The summed E-state index contributed by atoms with van der Waals surface area (Å²) < 4.78 is 2.34. The van der Waals surface area contributed by atoms with Gasteiger partial charge in [0.15, 0.2) is 0 Å². The summed E-state index contributed by atoms with van der Waals surface area (Å²) in [6, 6.07) is 6.67. The third-order valence-corrected chi connectivity index (χ3v) is 4.39. The largest absolute Gasteiger partial charge is 0.345 e. The Hall–Kier alpha value is -0.600. The highest BCUT2D eigenvalue weighted by atomic mass is 35.5. The zero-order valence-electron chi connectivity index (χ0n) is 11.4. The van der Waals surface area contributed by atoms with E-state index in [0.717, 1.165) is 10.8 Å². The highest BCUT2D eigenvalue weighted by Crippen LogP contribution is 2.30. The zero-order valence-corrected chi connectivity index (χ0v) is 13.0. The molecule has 1 aromatic carbocycles. The predicted molar refractivity (Wildman–Crippen MR) is 83.8 cm³/mol. The lowest BCUT2D eigenvalue weighted by Gasteiger charge is -2.08. The molecule has 0 bridgehead atoms. The molecule has 98 valence electrons. The summed E-state index contributed by atoms with van der Waals surface area (Å²) in [6.07, 6.45) is 2.28. The van der Waals surface area contributed by atoms with Crippen molar-refractivity contribution >= 4 is 34.3 Å². The van der Waals surface area contributed by atoms with Crippen molar-refractivity contribution in [1.82, 2.24) is 4.57 Å². The topological polar surface area (TPSA) is 4.93 Å². The van der Waals surface area contributed by atoms with Crippen LogP contribution in [0.15, 0.2) is 24.4 Å². The van der Waals surface area contributed by atoms with Gasteiger partial charge in [0.1, 0.15) is 0 Å². The molecule has 0 aliphatic rings. The van der Waals surface area contributed by atoms with Crippen molar-refractivity contribution in [2.75, 3.05) is 0 Å². The number of halogens is 1. The number of benzene rings is 1. The number of hydrogen-bond acceptors (Lipinski definition) is 1. The maximum Gasteiger partial charge on any atom is 0.0486 e. The van der Waals surface area contributed by atoms with Crippen molar-refractivity contribution in [3.05, 3.63) is 35.0 Å². The molecule has 1 nitrogen and oxygen atoms in total. The summed E-state index contributed by atoms with van der Waals surface area (Å²) in [5.41, 5.74) is 2.67. The van der Waals surface area contributed by atoms with Gasteiger partial charge in [0.2, 0.25) is 0 Å². The number of thioether (sulfide) groups is 1. The summed E-state index contributed by atoms with van der Waals surface area (Å²) in [5.74, 6) is 1.05. The van der Waals surface area contributed by atoms with Crippen molar-refractivity contribution < 1.29 is 0 Å². The minimum absolute atomic E-state index is 0.478. The van der Waals surface area contributed by atoms with Crippen LogP contribution in [0.3, 0.4) is 0 Å². The molecular weight excluding hydrogens is 262 g/mol. The van der Waals surface area contributed by atoms with Gasteiger partial charge in [0.05, 0.1) is 0 Å². The Balaban J connectivity index is 2.48. The van der Waals surface area contributed by atoms with Crippen molar-refractivity contribution in [2.24, 2.45) is 0 Å². The highest BCUT2D eigenvalue weighted by Gasteiger charge is 2.11. The molecule has 2 aromatic rings. The van der Waals surface area contributed by atoms with Gasteiger partial charge in [-0.2, -0.15) is 11.8 Å². The van der Waals surface area contributed by atoms with Crippen LogP contribution in [0, 0.1) is 0 Å². The summed E-state index contributed by atoms with van der Waals surface area (Å²) in [4.78, 5) is 0. The van der Waals surface area contributed by atoms with E-state index in [9.17, 15) is 0 Å². The minimum atomic E-state index is 0.478. The Morgan fingerprint density at radius 3 is 2.56 bits per heavy atom. The van der Waals surface area contributed by atoms with Crippen LogP contribution in [0.4, 0.5) is 0 Å². The van der Waals surface area contributed by atoms with Gasteiger partial charge in [0, 0.05) is 33.9 Å². The fourth-order valence-corrected chi connectivity index (χ4v) is 3.01. The standard InChI is InChI=1S/C15H20ClNS/c1-10(2)17-8-12(9-18-11(3)4)14-7-13(16)5-6-15(14)17/h5-8,10-11H,9H2,1-4H3. The molecule has 1 heterocycles. The zero-order chi connectivity index (χ0) is 13.3. The smallest absolute Gasteiger partial charge is 0.0486 e. The van der Waals surface area contributed by atoms with Gasteiger partial charge < -0.3 is 4.57 Å². The molecule has 0 aliphatic heterocycles. The van der Waals surface area contributed by atoms with Crippen LogP contribution >= 0.6 is 23.4 Å². The second kappa shape index (κ2) is 5.58. The lowest BCUT2D eigenvalue weighted by molar-refractivity contribution is 0.622. The summed E-state index contributed by atoms with van der Waals surface area (Å²) in [6.45, 7) is 8.90. The van der Waals surface area contributed by atoms with E-state index in [2.05, 4.69) is 50.6 Å². The Morgan fingerprint density at radius 1 is 1.22 bits per heavy atom. The van der Waals surface area contributed by atoms with E-state index in [1.54, 1.807) is 0 Å². The first-order valence-electron chi connectivity index (χ1n) is 6.39. The number of nitrogens with zero attached hydrogens (tertiary/aromatic N) is 1. The molecule has 0 saturated carbocycles. The molecule has 0 spiro atoms. The minimum Gasteiger partial charge on any atom is -0.345 e. The lowest BCUT2D eigenvalue weighted by Crippen LogP contribution is -1.97. The Bertz CT molecular complexity index is 543. The Kier molecular flexibility index (Phi) is 4.29. The molecule has 2 rings (SSSR count). The average Bonchev–Trinajstić information content (AvgIpc) is 2.64. The molecule has 0 aliphatic carbocycles. The number of hydrogen-bond donors (Lipinski definition) is 0. The van der Waals surface area contributed by atoms with E-state index in [0.29, 0.717) is 11.3 Å². The van der Waals surface area contributed by atoms with E-state index in [-0.39, 0.29) is 0 Å². The van der Waals surface area contributed by atoms with E-state index >= 15 is 0 Å². The third-order valence-electron chi connectivity index (χ3n) is 3.01. The molecule has 0 N–H and O–H groups in total. The molecule has 0 atom stereocenters. The van der Waals surface area contributed by atoms with E-state index in [1.807, 2.05) is 17.8 Å². The molecule has 0 radical (unpaired) electrons. The molecule has 18 heavy (non-hydrogen) atoms. The maximum atomic E-state index is 6.13. The van der Waals surface area contributed by atoms with Gasteiger partial charge in [-0.1, -0.05) is 25.4 Å². The second-order valence-electron chi connectivity index (χ2n) is 5.18. The number of aromatic nitrogens is 1. The monoisotopic (exact) mass is 281 g/mol. The van der Waals surface area contributed by atoms with Crippen molar-refractivity contribution in [2.45, 2.75) is 44.7 Å². The van der Waals surface area contributed by atoms with Gasteiger partial charge in [-0.25, -0.2) is 0 Å². The molecule has 0 fully saturated rings. The molecular formula is C15H20ClNS. The van der Waals surface area contributed by atoms with E-state index in [4.69, 9.17) is 11.6 Å². The van der Waals surface area contributed by atoms with Crippen molar-refractivity contribution in [1.29, 1.82) is 0 Å². The molecule has 1 aromatic heterocycles. The summed E-state index contributed by atoms with van der Waals surface area (Å²) in [5, 5.41) is 2.77. The van der Waals surface area contributed by atoms with E-state index in [1.165, 1.54) is 16.5 Å². The quantitative estimate of drug-likeness (QED) is 0.714. The van der Waals surface area contributed by atoms with Crippen LogP contribution in [-0.2, 0) is 5.75 Å². The van der Waals surface area contributed by atoms with Crippen LogP contribution in [0.5, 0.6) is 0 Å². The Morgan fingerprint density at radius 2 is 1.94 bits per heavy atom. The first kappa shape index (κ1) is 13.8. The second-order valence-corrected chi connectivity index (χ2v) is 7.18. The first-order chi connectivity index (χ1) is 8.49. The van der Waals surface area contributed by atoms with Crippen LogP contribution in [0.1, 0.15) is 39.3 Å².